The molecule has 0 aliphatic heterocycles. The van der Waals surface area contributed by atoms with E-state index in [4.69, 9.17) is 9.40 Å². The van der Waals surface area contributed by atoms with Gasteiger partial charge in [0, 0.05) is 38.8 Å². The van der Waals surface area contributed by atoms with Crippen molar-refractivity contribution in [3.63, 3.8) is 0 Å². The van der Waals surface area contributed by atoms with Gasteiger partial charge in [-0.25, -0.2) is 4.98 Å². The Hall–Kier alpha value is -6.91. The van der Waals surface area contributed by atoms with Crippen LogP contribution in [0.4, 0.5) is 17.1 Å². The van der Waals surface area contributed by atoms with Crippen molar-refractivity contribution < 1.29 is 4.42 Å². The minimum absolute atomic E-state index is 0.601. The minimum Gasteiger partial charge on any atom is -0.434 e. The first-order valence-electron chi connectivity index (χ1n) is 17.2. The Labute approximate surface area is 295 Å². The standard InChI is InChI=1S/C47H31N3O/c1-4-14-32(15-5-1)33-24-26-37(27-25-33)49(38-28-29-43-41(31-38)40-22-12-13-23-42(40)50(43)36-19-8-3-9-20-36)44-30-35-18-10-11-21-39(35)45-46(44)51-47(48-45)34-16-6-2-7-17-34/h1-31H. The third-order valence-corrected chi connectivity index (χ3v) is 9.79. The smallest absolute Gasteiger partial charge is 0.227 e. The summed E-state index contributed by atoms with van der Waals surface area (Å²) in [5, 5.41) is 4.54. The fourth-order valence-corrected chi connectivity index (χ4v) is 7.41. The van der Waals surface area contributed by atoms with E-state index in [-0.39, 0.29) is 0 Å². The average molecular weight is 654 g/mol. The molecule has 0 aliphatic carbocycles. The number of para-hydroxylation sites is 2. The summed E-state index contributed by atoms with van der Waals surface area (Å²) in [7, 11) is 0. The van der Waals surface area contributed by atoms with Gasteiger partial charge in [-0.05, 0) is 83.2 Å². The van der Waals surface area contributed by atoms with E-state index < -0.39 is 0 Å². The predicted molar refractivity (Wildman–Crippen MR) is 211 cm³/mol. The summed E-state index contributed by atoms with van der Waals surface area (Å²) < 4.78 is 9.12. The summed E-state index contributed by atoms with van der Waals surface area (Å²) in [6.07, 6.45) is 0. The van der Waals surface area contributed by atoms with Crippen molar-refractivity contribution in [2.24, 2.45) is 0 Å². The summed E-state index contributed by atoms with van der Waals surface area (Å²) in [6.45, 7) is 0. The fourth-order valence-electron chi connectivity index (χ4n) is 7.41. The molecule has 10 aromatic rings. The largest absolute Gasteiger partial charge is 0.434 e. The third kappa shape index (κ3) is 4.88. The number of fused-ring (bicyclic) bond motifs is 6. The maximum Gasteiger partial charge on any atom is 0.227 e. The van der Waals surface area contributed by atoms with Crippen LogP contribution in [-0.4, -0.2) is 9.55 Å². The topological polar surface area (TPSA) is 34.2 Å². The summed E-state index contributed by atoms with van der Waals surface area (Å²) in [6, 6.07) is 66.2. The van der Waals surface area contributed by atoms with E-state index in [2.05, 4.69) is 167 Å². The second-order valence-electron chi connectivity index (χ2n) is 12.8. The number of aromatic nitrogens is 2. The van der Waals surface area contributed by atoms with Gasteiger partial charge in [-0.15, -0.1) is 0 Å². The molecular weight excluding hydrogens is 623 g/mol. The Morgan fingerprint density at radius 1 is 0.451 bits per heavy atom. The molecule has 0 unspecified atom stereocenters. The van der Waals surface area contributed by atoms with Crippen LogP contribution >= 0.6 is 0 Å². The lowest BCUT2D eigenvalue weighted by Crippen LogP contribution is -2.10. The lowest BCUT2D eigenvalue weighted by Gasteiger charge is -2.26. The number of hydrogen-bond donors (Lipinski definition) is 0. The van der Waals surface area contributed by atoms with Crippen molar-refractivity contribution in [3.8, 4) is 28.3 Å². The van der Waals surface area contributed by atoms with Gasteiger partial charge >= 0.3 is 0 Å². The molecule has 0 N–H and O–H groups in total. The Morgan fingerprint density at radius 3 is 1.80 bits per heavy atom. The Balaban J connectivity index is 1.24. The zero-order valence-corrected chi connectivity index (χ0v) is 27.6. The van der Waals surface area contributed by atoms with Gasteiger partial charge in [0.2, 0.25) is 5.89 Å². The highest BCUT2D eigenvalue weighted by atomic mass is 16.3. The highest BCUT2D eigenvalue weighted by Gasteiger charge is 2.23. The first-order chi connectivity index (χ1) is 25.3. The second-order valence-corrected chi connectivity index (χ2v) is 12.8. The molecule has 10 rings (SSSR count). The van der Waals surface area contributed by atoms with Gasteiger partial charge in [0.1, 0.15) is 5.52 Å². The number of rotatable bonds is 6. The van der Waals surface area contributed by atoms with Crippen LogP contribution in [0.1, 0.15) is 0 Å². The van der Waals surface area contributed by atoms with Gasteiger partial charge in [0.25, 0.3) is 0 Å². The second kappa shape index (κ2) is 11.9. The lowest BCUT2D eigenvalue weighted by molar-refractivity contribution is 0.620. The van der Waals surface area contributed by atoms with Crippen LogP contribution in [0.3, 0.4) is 0 Å². The van der Waals surface area contributed by atoms with Crippen molar-refractivity contribution >= 4 is 60.7 Å². The molecule has 51 heavy (non-hydrogen) atoms. The normalized spacial score (nSPS) is 11.5. The Bertz CT molecular complexity index is 2840. The number of anilines is 3. The van der Waals surface area contributed by atoms with Gasteiger partial charge in [-0.2, -0.15) is 0 Å². The molecule has 0 saturated carbocycles. The molecule has 2 aromatic heterocycles. The maximum atomic E-state index is 6.77. The van der Waals surface area contributed by atoms with Crippen LogP contribution in [0.5, 0.6) is 0 Å². The highest BCUT2D eigenvalue weighted by molar-refractivity contribution is 6.13. The van der Waals surface area contributed by atoms with Crippen LogP contribution in [0, 0.1) is 0 Å². The molecule has 0 fully saturated rings. The van der Waals surface area contributed by atoms with Crippen molar-refractivity contribution in [1.29, 1.82) is 0 Å². The fraction of sp³-hybridized carbons (Fsp3) is 0. The first kappa shape index (κ1) is 29.0. The van der Waals surface area contributed by atoms with Crippen molar-refractivity contribution in [1.82, 2.24) is 9.55 Å². The van der Waals surface area contributed by atoms with Gasteiger partial charge in [0.05, 0.1) is 16.7 Å². The van der Waals surface area contributed by atoms with E-state index in [1.807, 2.05) is 30.3 Å². The van der Waals surface area contributed by atoms with E-state index in [0.29, 0.717) is 5.89 Å². The molecule has 0 amide bonds. The van der Waals surface area contributed by atoms with E-state index in [1.54, 1.807) is 0 Å². The molecule has 4 nitrogen and oxygen atoms in total. The predicted octanol–water partition coefficient (Wildman–Crippen LogP) is 12.9. The quantitative estimate of drug-likeness (QED) is 0.179. The maximum absolute atomic E-state index is 6.77. The van der Waals surface area contributed by atoms with Crippen LogP contribution in [0.2, 0.25) is 0 Å². The number of benzene rings is 8. The summed E-state index contributed by atoms with van der Waals surface area (Å²) in [5.41, 5.74) is 11.3. The van der Waals surface area contributed by atoms with Crippen LogP contribution < -0.4 is 4.90 Å². The van der Waals surface area contributed by atoms with Crippen LogP contribution in [0.25, 0.3) is 71.9 Å². The Morgan fingerprint density at radius 2 is 1.04 bits per heavy atom. The SMILES string of the molecule is c1ccc(-c2ccc(N(c3ccc4c(c3)c3ccccc3n4-c3ccccc3)c3cc4ccccc4c4nc(-c5ccccc5)oc34)cc2)cc1. The lowest BCUT2D eigenvalue weighted by atomic mass is 10.0. The molecule has 0 bridgehead atoms. The molecule has 8 aromatic carbocycles. The van der Waals surface area contributed by atoms with Gasteiger partial charge in [-0.3, -0.25) is 0 Å². The van der Waals surface area contributed by atoms with Gasteiger partial charge < -0.3 is 13.9 Å². The summed E-state index contributed by atoms with van der Waals surface area (Å²) in [5.74, 6) is 0.601. The van der Waals surface area contributed by atoms with E-state index in [9.17, 15) is 0 Å². The molecule has 0 aliphatic rings. The van der Waals surface area contributed by atoms with Crippen LogP contribution in [0.15, 0.2) is 192 Å². The summed E-state index contributed by atoms with van der Waals surface area (Å²) in [4.78, 5) is 7.44. The van der Waals surface area contributed by atoms with Crippen LogP contribution in [-0.2, 0) is 0 Å². The summed E-state index contributed by atoms with van der Waals surface area (Å²) >= 11 is 0. The number of nitrogens with zero attached hydrogens (tertiary/aromatic N) is 3. The first-order valence-corrected chi connectivity index (χ1v) is 17.2. The molecule has 0 radical (unpaired) electrons. The molecule has 240 valence electrons. The van der Waals surface area contributed by atoms with Gasteiger partial charge in [-0.1, -0.05) is 121 Å². The number of oxazole rings is 1. The molecular formula is C47H31N3O. The van der Waals surface area contributed by atoms with Crippen molar-refractivity contribution in [2.75, 3.05) is 4.90 Å². The highest BCUT2D eigenvalue weighted by Crippen LogP contribution is 2.45. The zero-order valence-electron chi connectivity index (χ0n) is 27.6. The number of hydrogen-bond acceptors (Lipinski definition) is 3. The zero-order chi connectivity index (χ0) is 33.7. The molecule has 0 spiro atoms. The van der Waals surface area contributed by atoms with Gasteiger partial charge in [0.15, 0.2) is 5.58 Å². The third-order valence-electron chi connectivity index (χ3n) is 9.79. The van der Waals surface area contributed by atoms with Crippen molar-refractivity contribution in [2.45, 2.75) is 0 Å². The van der Waals surface area contributed by atoms with E-state index >= 15 is 0 Å². The van der Waals surface area contributed by atoms with Crippen molar-refractivity contribution in [3.05, 3.63) is 188 Å². The van der Waals surface area contributed by atoms with E-state index in [0.717, 1.165) is 61.3 Å². The molecule has 0 saturated heterocycles. The molecule has 0 atom stereocenters. The Kier molecular flexibility index (Phi) is 6.78. The molecule has 2 heterocycles. The minimum atomic E-state index is 0.601. The monoisotopic (exact) mass is 653 g/mol. The average Bonchev–Trinajstić information content (AvgIpc) is 3.80. The molecule has 4 heteroatoms. The van der Waals surface area contributed by atoms with E-state index in [1.165, 1.54) is 21.9 Å².